The Labute approximate surface area is 104 Å². The van der Waals surface area contributed by atoms with Gasteiger partial charge in [0.05, 0.1) is 5.57 Å². The third-order valence-electron chi connectivity index (χ3n) is 1.28. The molecule has 1 N–H and O–H groups in total. The van der Waals surface area contributed by atoms with Crippen LogP contribution in [0, 0.1) is 0 Å². The van der Waals surface area contributed by atoms with Crippen LogP contribution in [0.2, 0.25) is 0 Å². The molecule has 6 heteroatoms. The average Bonchev–Trinajstić information content (AvgIpc) is 2.36. The Bertz CT molecular complexity index is 396. The predicted octanol–water partition coefficient (Wildman–Crippen LogP) is 0.810. The standard InChI is InChI=1S/2C6H6O3/c1-3-5(7)9-6(8)4-2;1-3-5(7)4(2)6(8)9/h3-4H,1-2H2;3H,1-2H2,(H,8,9). The van der Waals surface area contributed by atoms with E-state index in [9.17, 15) is 19.2 Å². The van der Waals surface area contributed by atoms with Crippen LogP contribution in [-0.4, -0.2) is 28.8 Å². The van der Waals surface area contributed by atoms with Crippen molar-refractivity contribution in [1.29, 1.82) is 0 Å². The highest BCUT2D eigenvalue weighted by Gasteiger charge is 2.09. The van der Waals surface area contributed by atoms with E-state index in [0.29, 0.717) is 0 Å². The lowest BCUT2D eigenvalue weighted by Gasteiger charge is -1.90. The van der Waals surface area contributed by atoms with E-state index in [0.717, 1.165) is 18.2 Å². The molecule has 0 rings (SSSR count). The molecular weight excluding hydrogens is 240 g/mol. The van der Waals surface area contributed by atoms with Gasteiger partial charge in [-0.3, -0.25) is 4.79 Å². The van der Waals surface area contributed by atoms with Crippen molar-refractivity contribution in [1.82, 2.24) is 0 Å². The molecule has 96 valence electrons. The Hall–Kier alpha value is -2.76. The van der Waals surface area contributed by atoms with Crippen LogP contribution in [0.5, 0.6) is 0 Å². The second-order valence-electron chi connectivity index (χ2n) is 2.50. The van der Waals surface area contributed by atoms with Crippen molar-refractivity contribution in [3.63, 3.8) is 0 Å². The van der Waals surface area contributed by atoms with Crippen molar-refractivity contribution in [3.8, 4) is 0 Å². The summed E-state index contributed by atoms with van der Waals surface area (Å²) in [7, 11) is 0. The first-order valence-electron chi connectivity index (χ1n) is 4.39. The van der Waals surface area contributed by atoms with Gasteiger partial charge in [-0.05, 0) is 6.08 Å². The number of ketones is 1. The molecule has 0 aromatic heterocycles. The van der Waals surface area contributed by atoms with Gasteiger partial charge in [-0.1, -0.05) is 26.3 Å². The SMILES string of the molecule is C=CC(=O)C(=C)C(=O)O.C=CC(=O)OC(=O)C=C. The maximum atomic E-state index is 10.4. The molecule has 0 heterocycles. The van der Waals surface area contributed by atoms with E-state index in [1.54, 1.807) is 0 Å². The van der Waals surface area contributed by atoms with Crippen LogP contribution >= 0.6 is 0 Å². The van der Waals surface area contributed by atoms with E-state index in [1.807, 2.05) is 0 Å². The smallest absolute Gasteiger partial charge is 0.339 e. The normalized spacial score (nSPS) is 7.78. The maximum Gasteiger partial charge on any atom is 0.339 e. The summed E-state index contributed by atoms with van der Waals surface area (Å²) in [5, 5.41) is 8.12. The molecule has 0 atom stereocenters. The average molecular weight is 252 g/mol. The molecule has 0 aromatic rings. The second-order valence-corrected chi connectivity index (χ2v) is 2.50. The van der Waals surface area contributed by atoms with E-state index in [4.69, 9.17) is 5.11 Å². The molecular formula is C12H12O6. The molecule has 0 unspecified atom stereocenters. The lowest BCUT2D eigenvalue weighted by atomic mass is 10.2. The largest absolute Gasteiger partial charge is 0.478 e. The van der Waals surface area contributed by atoms with Crippen LogP contribution in [0.1, 0.15) is 0 Å². The highest BCUT2D eigenvalue weighted by molar-refractivity contribution is 6.20. The molecule has 0 aliphatic rings. The topological polar surface area (TPSA) is 97.7 Å². The zero-order valence-corrected chi connectivity index (χ0v) is 9.55. The van der Waals surface area contributed by atoms with E-state index in [1.165, 1.54) is 0 Å². The summed E-state index contributed by atoms with van der Waals surface area (Å²) in [5.74, 6) is -3.48. The van der Waals surface area contributed by atoms with Crippen LogP contribution in [0.25, 0.3) is 0 Å². The number of carbonyl (C=O) groups is 4. The first kappa shape index (κ1) is 17.6. The maximum absolute atomic E-state index is 10.4. The summed E-state index contributed by atoms with van der Waals surface area (Å²) in [4.78, 5) is 40.6. The molecule has 0 aliphatic heterocycles. The second kappa shape index (κ2) is 9.46. The lowest BCUT2D eigenvalue weighted by Crippen LogP contribution is -2.07. The molecule has 0 fully saturated rings. The highest BCUT2D eigenvalue weighted by atomic mass is 16.6. The number of carboxylic acids is 1. The van der Waals surface area contributed by atoms with Gasteiger partial charge in [-0.15, -0.1) is 0 Å². The van der Waals surface area contributed by atoms with Gasteiger partial charge in [-0.25, -0.2) is 14.4 Å². The first-order valence-corrected chi connectivity index (χ1v) is 4.39. The van der Waals surface area contributed by atoms with Crippen molar-refractivity contribution in [3.05, 3.63) is 50.1 Å². The van der Waals surface area contributed by atoms with Gasteiger partial charge in [0.25, 0.3) is 0 Å². The molecule has 0 bridgehead atoms. The molecule has 0 aliphatic carbocycles. The van der Waals surface area contributed by atoms with E-state index >= 15 is 0 Å². The number of hydrogen-bond donors (Lipinski definition) is 1. The number of carboxylic acid groups (broad SMARTS) is 1. The minimum atomic E-state index is -1.31. The minimum Gasteiger partial charge on any atom is -0.478 e. The monoisotopic (exact) mass is 252 g/mol. The number of aliphatic carboxylic acids is 1. The van der Waals surface area contributed by atoms with Gasteiger partial charge in [0, 0.05) is 12.2 Å². The number of rotatable bonds is 5. The van der Waals surface area contributed by atoms with Crippen molar-refractivity contribution in [2.24, 2.45) is 0 Å². The van der Waals surface area contributed by atoms with E-state index in [2.05, 4.69) is 31.1 Å². The van der Waals surface area contributed by atoms with Crippen LogP contribution in [0.3, 0.4) is 0 Å². The predicted molar refractivity (Wildman–Crippen MR) is 63.5 cm³/mol. The van der Waals surface area contributed by atoms with Crippen molar-refractivity contribution >= 4 is 23.7 Å². The van der Waals surface area contributed by atoms with Gasteiger partial charge in [-0.2, -0.15) is 0 Å². The van der Waals surface area contributed by atoms with E-state index in [-0.39, 0.29) is 0 Å². The summed E-state index contributed by atoms with van der Waals surface area (Å²) < 4.78 is 4.03. The third-order valence-corrected chi connectivity index (χ3v) is 1.28. The van der Waals surface area contributed by atoms with Gasteiger partial charge < -0.3 is 9.84 Å². The molecule has 6 nitrogen and oxygen atoms in total. The van der Waals surface area contributed by atoms with Crippen LogP contribution < -0.4 is 0 Å². The molecule has 0 aromatic carbocycles. The number of hydrogen-bond acceptors (Lipinski definition) is 5. The summed E-state index contributed by atoms with van der Waals surface area (Å²) in [5.41, 5.74) is -0.454. The number of allylic oxidation sites excluding steroid dienone is 1. The zero-order chi connectivity index (χ0) is 14.7. The fraction of sp³-hybridized carbons (Fsp3) is 0. The Morgan fingerprint density at radius 2 is 1.28 bits per heavy atom. The van der Waals surface area contributed by atoms with Crippen molar-refractivity contribution < 1.29 is 29.0 Å². The Kier molecular flexibility index (Phi) is 9.27. The Balaban J connectivity index is 0. The first-order chi connectivity index (χ1) is 8.29. The summed E-state index contributed by atoms with van der Waals surface area (Å²) in [6.07, 6.45) is 2.72. The summed E-state index contributed by atoms with van der Waals surface area (Å²) >= 11 is 0. The molecule has 0 saturated heterocycles. The number of ether oxygens (including phenoxy) is 1. The number of esters is 2. The summed E-state index contributed by atoms with van der Waals surface area (Å²) in [6, 6.07) is 0. The van der Waals surface area contributed by atoms with Crippen LogP contribution in [0.4, 0.5) is 0 Å². The van der Waals surface area contributed by atoms with E-state index < -0.39 is 29.3 Å². The zero-order valence-electron chi connectivity index (χ0n) is 9.55. The van der Waals surface area contributed by atoms with Crippen molar-refractivity contribution in [2.45, 2.75) is 0 Å². The molecule has 0 saturated carbocycles. The third kappa shape index (κ3) is 8.54. The number of carbonyl (C=O) groups excluding carboxylic acids is 3. The van der Waals surface area contributed by atoms with Crippen molar-refractivity contribution in [2.75, 3.05) is 0 Å². The summed E-state index contributed by atoms with van der Waals surface area (Å²) in [6.45, 7) is 12.3. The molecule has 0 amide bonds. The highest BCUT2D eigenvalue weighted by Crippen LogP contribution is 1.91. The van der Waals surface area contributed by atoms with Gasteiger partial charge in [0.15, 0.2) is 5.78 Å². The Morgan fingerprint density at radius 3 is 1.44 bits per heavy atom. The fourth-order valence-electron chi connectivity index (χ4n) is 0.411. The van der Waals surface area contributed by atoms with Gasteiger partial charge >= 0.3 is 17.9 Å². The Morgan fingerprint density at radius 1 is 0.889 bits per heavy atom. The molecule has 18 heavy (non-hydrogen) atoms. The minimum absolute atomic E-state index is 0.454. The fourth-order valence-corrected chi connectivity index (χ4v) is 0.411. The lowest BCUT2D eigenvalue weighted by molar-refractivity contribution is -0.152. The van der Waals surface area contributed by atoms with Crippen LogP contribution in [0.15, 0.2) is 50.1 Å². The van der Waals surface area contributed by atoms with Crippen LogP contribution in [-0.2, 0) is 23.9 Å². The van der Waals surface area contributed by atoms with Gasteiger partial charge in [0.2, 0.25) is 0 Å². The quantitative estimate of drug-likeness (QED) is 0.336. The van der Waals surface area contributed by atoms with Gasteiger partial charge in [0.1, 0.15) is 0 Å². The molecule has 0 radical (unpaired) electrons. The molecule has 0 spiro atoms.